The molecule has 1 atom stereocenters. The van der Waals surface area contributed by atoms with Gasteiger partial charge < -0.3 is 24.1 Å². The maximum absolute atomic E-state index is 10.9. The van der Waals surface area contributed by atoms with Crippen LogP contribution in [-0.4, -0.2) is 37.2 Å². The third kappa shape index (κ3) is 3.51. The summed E-state index contributed by atoms with van der Waals surface area (Å²) >= 11 is 0. The molecule has 1 heterocycles. The van der Waals surface area contributed by atoms with Crippen molar-refractivity contribution in [3.05, 3.63) is 18.2 Å². The first-order valence-electron chi connectivity index (χ1n) is 6.07. The molecule has 0 aliphatic carbocycles. The second-order valence-corrected chi connectivity index (χ2v) is 3.93. The van der Waals surface area contributed by atoms with Gasteiger partial charge in [0.1, 0.15) is 5.75 Å². The summed E-state index contributed by atoms with van der Waals surface area (Å²) in [5, 5.41) is 8.91. The van der Waals surface area contributed by atoms with Gasteiger partial charge in [-0.15, -0.1) is 0 Å². The van der Waals surface area contributed by atoms with Crippen molar-refractivity contribution in [1.29, 1.82) is 0 Å². The fraction of sp³-hybridized carbons (Fsp3) is 0.462. The van der Waals surface area contributed by atoms with Crippen LogP contribution in [0.3, 0.4) is 0 Å². The molecule has 0 amide bonds. The Morgan fingerprint density at radius 1 is 1.42 bits per heavy atom. The second kappa shape index (κ2) is 6.29. The van der Waals surface area contributed by atoms with E-state index in [1.54, 1.807) is 25.1 Å². The summed E-state index contributed by atoms with van der Waals surface area (Å²) in [6, 6.07) is 5.23. The predicted molar refractivity (Wildman–Crippen MR) is 65.7 cm³/mol. The molecule has 1 aromatic carbocycles. The summed E-state index contributed by atoms with van der Waals surface area (Å²) in [5.41, 5.74) is 0. The SMILES string of the molecule is CCOC(CCOc1ccc2c(c1)OCO2)C(=O)O. The lowest BCUT2D eigenvalue weighted by Crippen LogP contribution is -2.26. The van der Waals surface area contributed by atoms with Crippen LogP contribution in [0.5, 0.6) is 17.2 Å². The number of carbonyl (C=O) groups is 1. The van der Waals surface area contributed by atoms with Crippen molar-refractivity contribution in [2.24, 2.45) is 0 Å². The number of fused-ring (bicyclic) bond motifs is 1. The number of aliphatic carboxylic acids is 1. The van der Waals surface area contributed by atoms with E-state index in [1.807, 2.05) is 0 Å². The zero-order valence-corrected chi connectivity index (χ0v) is 10.6. The van der Waals surface area contributed by atoms with E-state index < -0.39 is 12.1 Å². The minimum atomic E-state index is -0.976. The lowest BCUT2D eigenvalue weighted by atomic mass is 10.2. The summed E-state index contributed by atoms with van der Waals surface area (Å²) in [6.07, 6.45) is -0.545. The Balaban J connectivity index is 1.83. The lowest BCUT2D eigenvalue weighted by molar-refractivity contribution is -0.150. The molecular formula is C13H16O6. The highest BCUT2D eigenvalue weighted by molar-refractivity contribution is 5.72. The molecule has 0 bridgehead atoms. The van der Waals surface area contributed by atoms with Crippen molar-refractivity contribution in [1.82, 2.24) is 0 Å². The van der Waals surface area contributed by atoms with Gasteiger partial charge in [-0.3, -0.25) is 0 Å². The van der Waals surface area contributed by atoms with E-state index in [4.69, 9.17) is 24.1 Å². The van der Waals surface area contributed by atoms with Gasteiger partial charge in [0, 0.05) is 19.1 Å². The number of hydrogen-bond acceptors (Lipinski definition) is 5. The first-order chi connectivity index (χ1) is 9.20. The highest BCUT2D eigenvalue weighted by Crippen LogP contribution is 2.35. The number of benzene rings is 1. The number of carboxylic acids is 1. The number of carboxylic acid groups (broad SMARTS) is 1. The van der Waals surface area contributed by atoms with Crippen LogP contribution in [-0.2, 0) is 9.53 Å². The monoisotopic (exact) mass is 268 g/mol. The van der Waals surface area contributed by atoms with Crippen LogP contribution in [0.1, 0.15) is 13.3 Å². The van der Waals surface area contributed by atoms with E-state index in [9.17, 15) is 4.79 Å². The highest BCUT2D eigenvalue weighted by Gasteiger charge is 2.18. The van der Waals surface area contributed by atoms with Crippen molar-refractivity contribution in [3.63, 3.8) is 0 Å². The van der Waals surface area contributed by atoms with E-state index in [0.717, 1.165) is 0 Å². The Morgan fingerprint density at radius 2 is 2.21 bits per heavy atom. The molecule has 0 saturated heterocycles. The van der Waals surface area contributed by atoms with Crippen molar-refractivity contribution < 1.29 is 28.8 Å². The summed E-state index contributed by atoms with van der Waals surface area (Å²) in [4.78, 5) is 10.9. The Kier molecular flexibility index (Phi) is 4.46. The Morgan fingerprint density at radius 3 is 2.95 bits per heavy atom. The van der Waals surface area contributed by atoms with Crippen molar-refractivity contribution >= 4 is 5.97 Å². The Labute approximate surface area is 110 Å². The average molecular weight is 268 g/mol. The van der Waals surface area contributed by atoms with Crippen LogP contribution >= 0.6 is 0 Å². The summed E-state index contributed by atoms with van der Waals surface area (Å²) in [5.74, 6) is 0.961. The van der Waals surface area contributed by atoms with Crippen LogP contribution in [0.15, 0.2) is 18.2 Å². The normalized spacial score (nSPS) is 14.2. The zero-order valence-electron chi connectivity index (χ0n) is 10.6. The smallest absolute Gasteiger partial charge is 0.332 e. The van der Waals surface area contributed by atoms with Crippen LogP contribution in [0, 0.1) is 0 Å². The van der Waals surface area contributed by atoms with Gasteiger partial charge in [0.05, 0.1) is 6.61 Å². The molecule has 104 valence electrons. The average Bonchev–Trinajstić information content (AvgIpc) is 2.85. The number of hydrogen-bond donors (Lipinski definition) is 1. The fourth-order valence-electron chi connectivity index (χ4n) is 1.73. The molecule has 1 aliphatic rings. The maximum Gasteiger partial charge on any atom is 0.332 e. The van der Waals surface area contributed by atoms with E-state index in [0.29, 0.717) is 23.9 Å². The quantitative estimate of drug-likeness (QED) is 0.811. The molecule has 1 unspecified atom stereocenters. The first kappa shape index (κ1) is 13.5. The van der Waals surface area contributed by atoms with E-state index in [-0.39, 0.29) is 19.8 Å². The van der Waals surface area contributed by atoms with Gasteiger partial charge in [-0.05, 0) is 19.1 Å². The molecule has 1 aromatic rings. The minimum Gasteiger partial charge on any atom is -0.493 e. The van der Waals surface area contributed by atoms with Gasteiger partial charge in [-0.25, -0.2) is 4.79 Å². The molecule has 0 spiro atoms. The van der Waals surface area contributed by atoms with Gasteiger partial charge in [0.15, 0.2) is 17.6 Å². The first-order valence-corrected chi connectivity index (χ1v) is 6.07. The zero-order chi connectivity index (χ0) is 13.7. The maximum atomic E-state index is 10.9. The molecule has 0 fully saturated rings. The lowest BCUT2D eigenvalue weighted by Gasteiger charge is -2.13. The van der Waals surface area contributed by atoms with Crippen molar-refractivity contribution in [2.75, 3.05) is 20.0 Å². The van der Waals surface area contributed by atoms with Crippen LogP contribution in [0.25, 0.3) is 0 Å². The third-order valence-corrected chi connectivity index (χ3v) is 2.64. The second-order valence-electron chi connectivity index (χ2n) is 3.93. The molecule has 19 heavy (non-hydrogen) atoms. The number of ether oxygens (including phenoxy) is 4. The Bertz CT molecular complexity index is 445. The molecule has 6 nitrogen and oxygen atoms in total. The summed E-state index contributed by atoms with van der Waals surface area (Å²) < 4.78 is 21.0. The Hall–Kier alpha value is -1.95. The topological polar surface area (TPSA) is 74.2 Å². The van der Waals surface area contributed by atoms with E-state index >= 15 is 0 Å². The van der Waals surface area contributed by atoms with Crippen molar-refractivity contribution in [2.45, 2.75) is 19.4 Å². The summed E-state index contributed by atoms with van der Waals surface area (Å²) in [6.45, 7) is 2.59. The minimum absolute atomic E-state index is 0.213. The molecule has 0 saturated carbocycles. The molecule has 0 radical (unpaired) electrons. The molecule has 0 aromatic heterocycles. The van der Waals surface area contributed by atoms with Gasteiger partial charge in [-0.2, -0.15) is 0 Å². The molecule has 2 rings (SSSR count). The summed E-state index contributed by atoms with van der Waals surface area (Å²) in [7, 11) is 0. The van der Waals surface area contributed by atoms with Crippen LogP contribution in [0.2, 0.25) is 0 Å². The van der Waals surface area contributed by atoms with Crippen LogP contribution < -0.4 is 14.2 Å². The fourth-order valence-corrected chi connectivity index (χ4v) is 1.73. The van der Waals surface area contributed by atoms with Crippen LogP contribution in [0.4, 0.5) is 0 Å². The number of rotatable bonds is 7. The molecule has 1 aliphatic heterocycles. The largest absolute Gasteiger partial charge is 0.493 e. The van der Waals surface area contributed by atoms with E-state index in [1.165, 1.54) is 0 Å². The predicted octanol–water partition coefficient (Wildman–Crippen LogP) is 1.67. The molecular weight excluding hydrogens is 252 g/mol. The molecule has 6 heteroatoms. The van der Waals surface area contributed by atoms with Gasteiger partial charge in [-0.1, -0.05) is 0 Å². The van der Waals surface area contributed by atoms with Gasteiger partial charge >= 0.3 is 5.97 Å². The van der Waals surface area contributed by atoms with E-state index in [2.05, 4.69) is 0 Å². The highest BCUT2D eigenvalue weighted by atomic mass is 16.7. The van der Waals surface area contributed by atoms with Gasteiger partial charge in [0.2, 0.25) is 6.79 Å². The van der Waals surface area contributed by atoms with Crippen molar-refractivity contribution in [3.8, 4) is 17.2 Å². The third-order valence-electron chi connectivity index (χ3n) is 2.64. The molecule has 1 N–H and O–H groups in total. The van der Waals surface area contributed by atoms with Gasteiger partial charge in [0.25, 0.3) is 0 Å². The standard InChI is InChI=1S/C13H16O6/c1-2-16-11(13(14)15)5-6-17-9-3-4-10-12(7-9)19-8-18-10/h3-4,7,11H,2,5-6,8H2,1H3,(H,14,15).